The molecule has 1 unspecified atom stereocenters. The Morgan fingerprint density at radius 2 is 2.50 bits per heavy atom. The van der Waals surface area contributed by atoms with Gasteiger partial charge in [-0.2, -0.15) is 0 Å². The summed E-state index contributed by atoms with van der Waals surface area (Å²) in [5.74, 6) is 0. The normalized spacial score (nSPS) is 23.1. The summed E-state index contributed by atoms with van der Waals surface area (Å²) in [6.07, 6.45) is -0.289. The van der Waals surface area contributed by atoms with Gasteiger partial charge in [0.15, 0.2) is 0 Å². The van der Waals surface area contributed by atoms with Crippen molar-refractivity contribution in [3.8, 4) is 0 Å². The van der Waals surface area contributed by atoms with Crippen molar-refractivity contribution in [3.63, 3.8) is 0 Å². The first kappa shape index (κ1) is 11.3. The molecule has 5 nitrogen and oxygen atoms in total. The van der Waals surface area contributed by atoms with Crippen LogP contribution in [0.1, 0.15) is 6.92 Å². The maximum absolute atomic E-state index is 11.0. The first-order valence-electron chi connectivity index (χ1n) is 4.93. The summed E-state index contributed by atoms with van der Waals surface area (Å²) < 4.78 is 10.2. The Hall–Kier alpha value is -0.810. The number of nitrogens with zero attached hydrogens (tertiary/aromatic N) is 1. The lowest BCUT2D eigenvalue weighted by Crippen LogP contribution is -2.46. The molecule has 5 heteroatoms. The molecular weight excluding hydrogens is 184 g/mol. The summed E-state index contributed by atoms with van der Waals surface area (Å²) in [6, 6.07) is 0. The highest BCUT2D eigenvalue weighted by atomic mass is 16.5. The van der Waals surface area contributed by atoms with Gasteiger partial charge >= 0.3 is 6.09 Å². The highest BCUT2D eigenvalue weighted by molar-refractivity contribution is 5.67. The number of morpholine rings is 1. The van der Waals surface area contributed by atoms with Gasteiger partial charge in [0.2, 0.25) is 0 Å². The molecule has 1 saturated heterocycles. The van der Waals surface area contributed by atoms with E-state index >= 15 is 0 Å². The van der Waals surface area contributed by atoms with E-state index < -0.39 is 0 Å². The lowest BCUT2D eigenvalue weighted by Gasteiger charge is -2.29. The maximum atomic E-state index is 11.0. The van der Waals surface area contributed by atoms with E-state index in [0.29, 0.717) is 13.2 Å². The fraction of sp³-hybridized carbons (Fsp3) is 0.889. The molecule has 0 aliphatic carbocycles. The average Bonchev–Trinajstić information content (AvgIpc) is 2.15. The third-order valence-corrected chi connectivity index (χ3v) is 2.09. The highest BCUT2D eigenvalue weighted by Crippen LogP contribution is 2.01. The molecule has 82 valence electrons. The smallest absolute Gasteiger partial charge is 0.407 e. The summed E-state index contributed by atoms with van der Waals surface area (Å²) >= 11 is 0. The van der Waals surface area contributed by atoms with E-state index in [1.165, 1.54) is 0 Å². The lowest BCUT2D eigenvalue weighted by atomic mass is 10.3. The number of hydrogen-bond acceptors (Lipinski definition) is 4. The van der Waals surface area contributed by atoms with Crippen molar-refractivity contribution in [1.82, 2.24) is 10.2 Å². The summed E-state index contributed by atoms with van der Waals surface area (Å²) in [6.45, 7) is 5.24. The van der Waals surface area contributed by atoms with Gasteiger partial charge in [0, 0.05) is 19.6 Å². The summed E-state index contributed by atoms with van der Waals surface area (Å²) in [4.78, 5) is 13.1. The highest BCUT2D eigenvalue weighted by Gasteiger charge is 2.18. The molecule has 0 saturated carbocycles. The maximum Gasteiger partial charge on any atom is 0.407 e. The van der Waals surface area contributed by atoms with Gasteiger partial charge in [-0.3, -0.25) is 0 Å². The van der Waals surface area contributed by atoms with Gasteiger partial charge in [-0.05, 0) is 14.0 Å². The van der Waals surface area contributed by atoms with Crippen molar-refractivity contribution in [2.24, 2.45) is 0 Å². The molecular formula is C9H18N2O3. The second-order valence-electron chi connectivity index (χ2n) is 3.36. The van der Waals surface area contributed by atoms with Crippen molar-refractivity contribution in [2.45, 2.75) is 13.0 Å². The number of rotatable bonds is 3. The number of amides is 1. The standard InChI is InChI=1S/C9H18N2O3/c1-3-13-9(12)10-6-8-7-11(2)4-5-14-8/h8H,3-7H2,1-2H3,(H,10,12). The zero-order chi connectivity index (χ0) is 10.4. The molecule has 0 aromatic carbocycles. The van der Waals surface area contributed by atoms with Crippen LogP contribution >= 0.6 is 0 Å². The Labute approximate surface area is 84.4 Å². The third-order valence-electron chi connectivity index (χ3n) is 2.09. The second-order valence-corrected chi connectivity index (χ2v) is 3.36. The van der Waals surface area contributed by atoms with Crippen LogP contribution in [-0.4, -0.2) is 57.0 Å². The molecule has 1 atom stereocenters. The summed E-state index contributed by atoms with van der Waals surface area (Å²) in [5.41, 5.74) is 0. The minimum absolute atomic E-state index is 0.0816. The SMILES string of the molecule is CCOC(=O)NCC1CN(C)CCO1. The Bertz CT molecular complexity index is 187. The van der Waals surface area contributed by atoms with Crippen LogP contribution in [0, 0.1) is 0 Å². The van der Waals surface area contributed by atoms with Crippen LogP contribution in [-0.2, 0) is 9.47 Å². The van der Waals surface area contributed by atoms with E-state index in [0.717, 1.165) is 19.7 Å². The van der Waals surface area contributed by atoms with Crippen LogP contribution in [0.4, 0.5) is 4.79 Å². The summed E-state index contributed by atoms with van der Waals surface area (Å²) in [5, 5.41) is 2.66. The molecule has 1 fully saturated rings. The number of alkyl carbamates (subject to hydrolysis) is 1. The Balaban J connectivity index is 2.14. The van der Waals surface area contributed by atoms with E-state index in [9.17, 15) is 4.79 Å². The fourth-order valence-corrected chi connectivity index (χ4v) is 1.37. The predicted molar refractivity (Wildman–Crippen MR) is 52.3 cm³/mol. The molecule has 0 bridgehead atoms. The molecule has 14 heavy (non-hydrogen) atoms. The van der Waals surface area contributed by atoms with Gasteiger partial charge in [-0.15, -0.1) is 0 Å². The van der Waals surface area contributed by atoms with Crippen molar-refractivity contribution in [1.29, 1.82) is 0 Å². The van der Waals surface area contributed by atoms with Gasteiger partial charge < -0.3 is 19.7 Å². The van der Waals surface area contributed by atoms with E-state index in [-0.39, 0.29) is 12.2 Å². The molecule has 1 heterocycles. The molecule has 1 aliphatic rings. The molecule has 0 spiro atoms. The molecule has 1 amide bonds. The average molecular weight is 202 g/mol. The number of ether oxygens (including phenoxy) is 2. The zero-order valence-electron chi connectivity index (χ0n) is 8.78. The molecule has 0 radical (unpaired) electrons. The van der Waals surface area contributed by atoms with Gasteiger partial charge in [0.25, 0.3) is 0 Å². The van der Waals surface area contributed by atoms with Crippen LogP contribution in [0.15, 0.2) is 0 Å². The van der Waals surface area contributed by atoms with E-state index in [1.54, 1.807) is 6.92 Å². The molecule has 0 aromatic heterocycles. The number of hydrogen-bond donors (Lipinski definition) is 1. The number of nitrogens with one attached hydrogen (secondary N) is 1. The van der Waals surface area contributed by atoms with Gasteiger partial charge in [0.1, 0.15) is 0 Å². The minimum Gasteiger partial charge on any atom is -0.450 e. The number of likely N-dealkylation sites (N-methyl/N-ethyl adjacent to an activating group) is 1. The number of carbonyl (C=O) groups is 1. The van der Waals surface area contributed by atoms with Crippen LogP contribution in [0.5, 0.6) is 0 Å². The zero-order valence-corrected chi connectivity index (χ0v) is 8.78. The van der Waals surface area contributed by atoms with Crippen LogP contribution in [0.3, 0.4) is 0 Å². The second kappa shape index (κ2) is 5.82. The molecule has 1 N–H and O–H groups in total. The van der Waals surface area contributed by atoms with Crippen LogP contribution < -0.4 is 5.32 Å². The first-order chi connectivity index (χ1) is 6.72. The van der Waals surface area contributed by atoms with E-state index in [2.05, 4.69) is 10.2 Å². The lowest BCUT2D eigenvalue weighted by molar-refractivity contribution is -0.0179. The number of carbonyl (C=O) groups excluding carboxylic acids is 1. The summed E-state index contributed by atoms with van der Waals surface area (Å²) in [7, 11) is 2.04. The molecule has 0 aromatic rings. The Morgan fingerprint density at radius 1 is 1.71 bits per heavy atom. The Kier molecular flexibility index (Phi) is 4.69. The van der Waals surface area contributed by atoms with Crippen LogP contribution in [0.25, 0.3) is 0 Å². The van der Waals surface area contributed by atoms with E-state index in [1.807, 2.05) is 7.05 Å². The molecule has 1 aliphatic heterocycles. The van der Waals surface area contributed by atoms with Crippen LogP contribution in [0.2, 0.25) is 0 Å². The van der Waals surface area contributed by atoms with Crippen molar-refractivity contribution in [3.05, 3.63) is 0 Å². The van der Waals surface area contributed by atoms with Crippen molar-refractivity contribution >= 4 is 6.09 Å². The molecule has 1 rings (SSSR count). The fourth-order valence-electron chi connectivity index (χ4n) is 1.37. The monoisotopic (exact) mass is 202 g/mol. The largest absolute Gasteiger partial charge is 0.450 e. The van der Waals surface area contributed by atoms with Gasteiger partial charge in [-0.25, -0.2) is 4.79 Å². The van der Waals surface area contributed by atoms with Crippen molar-refractivity contribution in [2.75, 3.05) is 39.9 Å². The third kappa shape index (κ3) is 3.93. The topological polar surface area (TPSA) is 50.8 Å². The first-order valence-corrected chi connectivity index (χ1v) is 4.93. The predicted octanol–water partition coefficient (Wildman–Crippen LogP) is 0.0631. The minimum atomic E-state index is -0.371. The quantitative estimate of drug-likeness (QED) is 0.703. The Morgan fingerprint density at radius 3 is 3.14 bits per heavy atom. The van der Waals surface area contributed by atoms with Gasteiger partial charge in [0.05, 0.1) is 19.3 Å². The van der Waals surface area contributed by atoms with E-state index in [4.69, 9.17) is 9.47 Å². The van der Waals surface area contributed by atoms with Gasteiger partial charge in [-0.1, -0.05) is 0 Å². The van der Waals surface area contributed by atoms with Crippen molar-refractivity contribution < 1.29 is 14.3 Å².